The Kier molecular flexibility index (Phi) is 7.52. The Balaban J connectivity index is 1.52. The highest BCUT2D eigenvalue weighted by molar-refractivity contribution is 7.99. The van der Waals surface area contributed by atoms with E-state index in [1.54, 1.807) is 11.8 Å². The summed E-state index contributed by atoms with van der Waals surface area (Å²) in [5, 5.41) is 12.6. The minimum absolute atomic E-state index is 0.0660. The SMILES string of the molecule is Cc1ccc(SCc2nnc(SCC(=O)Nc3ccccc3C)n2-c2cccc(C)c2)cc1. The van der Waals surface area contributed by atoms with Gasteiger partial charge in [0.25, 0.3) is 0 Å². The van der Waals surface area contributed by atoms with Crippen molar-refractivity contribution in [2.45, 2.75) is 36.6 Å². The summed E-state index contributed by atoms with van der Waals surface area (Å²) in [6.45, 7) is 6.13. The number of hydrogen-bond donors (Lipinski definition) is 1. The van der Waals surface area contributed by atoms with Gasteiger partial charge in [0.05, 0.1) is 11.5 Å². The van der Waals surface area contributed by atoms with Crippen LogP contribution in [0.4, 0.5) is 5.69 Å². The molecule has 0 aliphatic heterocycles. The lowest BCUT2D eigenvalue weighted by Crippen LogP contribution is -2.15. The zero-order valence-corrected chi connectivity index (χ0v) is 20.5. The topological polar surface area (TPSA) is 59.8 Å². The van der Waals surface area contributed by atoms with E-state index in [0.29, 0.717) is 10.9 Å². The van der Waals surface area contributed by atoms with Crippen molar-refractivity contribution in [3.8, 4) is 5.69 Å². The standard InChI is InChI=1S/C26H26N4OS2/c1-18-11-13-22(14-12-18)32-16-24-28-29-26(30(24)21-9-6-7-19(2)15-21)33-17-25(31)27-23-10-5-4-8-20(23)3/h4-15H,16-17H2,1-3H3,(H,27,31). The number of carbonyl (C=O) groups is 1. The summed E-state index contributed by atoms with van der Waals surface area (Å²) in [4.78, 5) is 13.8. The second kappa shape index (κ2) is 10.7. The van der Waals surface area contributed by atoms with E-state index in [4.69, 9.17) is 0 Å². The van der Waals surface area contributed by atoms with E-state index in [1.165, 1.54) is 22.2 Å². The van der Waals surface area contributed by atoms with Crippen molar-refractivity contribution in [3.63, 3.8) is 0 Å². The molecule has 1 aromatic heterocycles. The molecule has 33 heavy (non-hydrogen) atoms. The van der Waals surface area contributed by atoms with Gasteiger partial charge in [0.2, 0.25) is 5.91 Å². The lowest BCUT2D eigenvalue weighted by molar-refractivity contribution is -0.113. The van der Waals surface area contributed by atoms with Crippen LogP contribution in [-0.4, -0.2) is 26.4 Å². The third kappa shape index (κ3) is 6.06. The molecule has 4 aromatic rings. The van der Waals surface area contributed by atoms with Crippen LogP contribution >= 0.6 is 23.5 Å². The Morgan fingerprint density at radius 1 is 0.879 bits per heavy atom. The van der Waals surface area contributed by atoms with E-state index in [9.17, 15) is 4.79 Å². The van der Waals surface area contributed by atoms with Crippen molar-refractivity contribution in [1.82, 2.24) is 14.8 Å². The highest BCUT2D eigenvalue weighted by Crippen LogP contribution is 2.28. The maximum absolute atomic E-state index is 12.6. The molecule has 0 radical (unpaired) electrons. The maximum Gasteiger partial charge on any atom is 0.234 e. The van der Waals surface area contributed by atoms with Crippen molar-refractivity contribution in [1.29, 1.82) is 0 Å². The first-order chi connectivity index (χ1) is 16.0. The Morgan fingerprint density at radius 3 is 2.42 bits per heavy atom. The Hall–Kier alpha value is -3.03. The van der Waals surface area contributed by atoms with Crippen LogP contribution < -0.4 is 5.32 Å². The van der Waals surface area contributed by atoms with E-state index in [1.807, 2.05) is 43.3 Å². The van der Waals surface area contributed by atoms with Crippen LogP contribution in [0.5, 0.6) is 0 Å². The summed E-state index contributed by atoms with van der Waals surface area (Å²) >= 11 is 3.12. The largest absolute Gasteiger partial charge is 0.325 e. The number of hydrogen-bond acceptors (Lipinski definition) is 5. The molecule has 0 unspecified atom stereocenters. The van der Waals surface area contributed by atoms with Gasteiger partial charge >= 0.3 is 0 Å². The van der Waals surface area contributed by atoms with Gasteiger partial charge in [0, 0.05) is 16.3 Å². The summed E-state index contributed by atoms with van der Waals surface area (Å²) in [6.07, 6.45) is 0. The Morgan fingerprint density at radius 2 is 1.67 bits per heavy atom. The fourth-order valence-corrected chi connectivity index (χ4v) is 4.91. The summed E-state index contributed by atoms with van der Waals surface area (Å²) in [7, 11) is 0. The average Bonchev–Trinajstić information content (AvgIpc) is 3.22. The molecule has 4 rings (SSSR count). The number of anilines is 1. The monoisotopic (exact) mass is 474 g/mol. The minimum Gasteiger partial charge on any atom is -0.325 e. The summed E-state index contributed by atoms with van der Waals surface area (Å²) in [6, 6.07) is 24.5. The summed E-state index contributed by atoms with van der Waals surface area (Å²) in [5.74, 6) is 1.72. The Bertz CT molecular complexity index is 1250. The number of para-hydroxylation sites is 1. The van der Waals surface area contributed by atoms with Crippen LogP contribution in [-0.2, 0) is 10.5 Å². The van der Waals surface area contributed by atoms with Crippen molar-refractivity contribution in [3.05, 3.63) is 95.3 Å². The highest BCUT2D eigenvalue weighted by Gasteiger charge is 2.17. The molecular formula is C26H26N4OS2. The normalized spacial score (nSPS) is 10.9. The fraction of sp³-hybridized carbons (Fsp3) is 0.192. The zero-order chi connectivity index (χ0) is 23.2. The maximum atomic E-state index is 12.6. The zero-order valence-electron chi connectivity index (χ0n) is 18.9. The molecule has 1 amide bonds. The van der Waals surface area contributed by atoms with Gasteiger partial charge < -0.3 is 5.32 Å². The van der Waals surface area contributed by atoms with Crippen molar-refractivity contribution in [2.75, 3.05) is 11.1 Å². The third-order valence-corrected chi connectivity index (χ3v) is 7.04. The number of aryl methyl sites for hydroxylation is 3. The first-order valence-corrected chi connectivity index (χ1v) is 12.7. The molecule has 0 bridgehead atoms. The molecule has 0 aliphatic rings. The lowest BCUT2D eigenvalue weighted by Gasteiger charge is -2.11. The molecule has 1 N–H and O–H groups in total. The van der Waals surface area contributed by atoms with Crippen molar-refractivity contribution >= 4 is 35.1 Å². The minimum atomic E-state index is -0.0660. The van der Waals surface area contributed by atoms with E-state index in [0.717, 1.165) is 28.3 Å². The number of rotatable bonds is 8. The van der Waals surface area contributed by atoms with Crippen LogP contribution in [0.15, 0.2) is 82.8 Å². The van der Waals surface area contributed by atoms with Gasteiger partial charge in [-0.3, -0.25) is 9.36 Å². The molecule has 7 heteroatoms. The van der Waals surface area contributed by atoms with Crippen LogP contribution in [0.2, 0.25) is 0 Å². The predicted molar refractivity (Wildman–Crippen MR) is 137 cm³/mol. The number of benzene rings is 3. The fourth-order valence-electron chi connectivity index (χ4n) is 3.33. The molecular weight excluding hydrogens is 448 g/mol. The van der Waals surface area contributed by atoms with Gasteiger partial charge in [-0.05, 0) is 62.2 Å². The smallest absolute Gasteiger partial charge is 0.234 e. The van der Waals surface area contributed by atoms with Gasteiger partial charge in [-0.1, -0.05) is 59.8 Å². The second-order valence-electron chi connectivity index (χ2n) is 7.83. The predicted octanol–water partition coefficient (Wildman–Crippen LogP) is 6.22. The molecule has 0 saturated heterocycles. The highest BCUT2D eigenvalue weighted by atomic mass is 32.2. The lowest BCUT2D eigenvalue weighted by atomic mass is 10.2. The number of amides is 1. The van der Waals surface area contributed by atoms with Crippen LogP contribution in [0.1, 0.15) is 22.5 Å². The molecule has 0 fully saturated rings. The molecule has 5 nitrogen and oxygen atoms in total. The van der Waals surface area contributed by atoms with E-state index in [2.05, 4.69) is 70.3 Å². The van der Waals surface area contributed by atoms with Crippen LogP contribution in [0.25, 0.3) is 5.69 Å². The quantitative estimate of drug-likeness (QED) is 0.307. The van der Waals surface area contributed by atoms with Gasteiger partial charge in [0.15, 0.2) is 5.16 Å². The summed E-state index contributed by atoms with van der Waals surface area (Å²) in [5.41, 5.74) is 5.27. The van der Waals surface area contributed by atoms with E-state index in [-0.39, 0.29) is 11.7 Å². The van der Waals surface area contributed by atoms with Gasteiger partial charge in [0.1, 0.15) is 5.82 Å². The molecule has 0 atom stereocenters. The first-order valence-electron chi connectivity index (χ1n) is 10.7. The molecule has 3 aromatic carbocycles. The number of nitrogens with one attached hydrogen (secondary N) is 1. The van der Waals surface area contributed by atoms with Gasteiger partial charge in [-0.2, -0.15) is 0 Å². The number of carbonyl (C=O) groups excluding carboxylic acids is 1. The van der Waals surface area contributed by atoms with Gasteiger partial charge in [-0.15, -0.1) is 22.0 Å². The summed E-state index contributed by atoms with van der Waals surface area (Å²) < 4.78 is 2.06. The van der Waals surface area contributed by atoms with Crippen molar-refractivity contribution in [2.24, 2.45) is 0 Å². The molecule has 0 aliphatic carbocycles. The molecule has 0 spiro atoms. The number of nitrogens with zero attached hydrogens (tertiary/aromatic N) is 3. The first kappa shape index (κ1) is 23.1. The van der Waals surface area contributed by atoms with Crippen LogP contribution in [0, 0.1) is 20.8 Å². The second-order valence-corrected chi connectivity index (χ2v) is 9.82. The van der Waals surface area contributed by atoms with Crippen LogP contribution in [0.3, 0.4) is 0 Å². The molecule has 0 saturated carbocycles. The number of aromatic nitrogens is 3. The van der Waals surface area contributed by atoms with E-state index >= 15 is 0 Å². The van der Waals surface area contributed by atoms with Gasteiger partial charge in [-0.25, -0.2) is 0 Å². The number of thioether (sulfide) groups is 2. The molecule has 168 valence electrons. The molecule has 1 heterocycles. The van der Waals surface area contributed by atoms with E-state index < -0.39 is 0 Å². The Labute approximate surface area is 203 Å². The van der Waals surface area contributed by atoms with Crippen molar-refractivity contribution < 1.29 is 4.79 Å². The third-order valence-electron chi connectivity index (χ3n) is 5.10. The average molecular weight is 475 g/mol.